The van der Waals surface area contributed by atoms with Gasteiger partial charge in [0.2, 0.25) is 0 Å². The highest BCUT2D eigenvalue weighted by atomic mass is 16.5. The van der Waals surface area contributed by atoms with E-state index < -0.39 is 5.60 Å². The van der Waals surface area contributed by atoms with Crippen LogP contribution in [0.3, 0.4) is 0 Å². The van der Waals surface area contributed by atoms with E-state index in [1.54, 1.807) is 25.3 Å². The van der Waals surface area contributed by atoms with Crippen molar-refractivity contribution in [2.24, 2.45) is 0 Å². The third-order valence-corrected chi connectivity index (χ3v) is 2.90. The molecule has 0 fully saturated rings. The lowest BCUT2D eigenvalue weighted by Crippen LogP contribution is -2.21. The second kappa shape index (κ2) is 3.89. The fourth-order valence-electron chi connectivity index (χ4n) is 1.72. The summed E-state index contributed by atoms with van der Waals surface area (Å²) in [4.78, 5) is 4.43. The molecule has 0 aliphatic rings. The molecule has 0 spiro atoms. The summed E-state index contributed by atoms with van der Waals surface area (Å²) in [5.41, 5.74) is 7.03. The zero-order chi connectivity index (χ0) is 12.6. The predicted octanol–water partition coefficient (Wildman–Crippen LogP) is 2.40. The molecule has 1 heterocycles. The highest BCUT2D eigenvalue weighted by molar-refractivity contribution is 5.83. The maximum Gasteiger partial charge on any atom is 0.140 e. The van der Waals surface area contributed by atoms with Crippen molar-refractivity contribution in [2.75, 3.05) is 12.8 Å². The van der Waals surface area contributed by atoms with Gasteiger partial charge in [0.05, 0.1) is 5.52 Å². The van der Waals surface area contributed by atoms with Gasteiger partial charge in [-0.1, -0.05) is 0 Å². The van der Waals surface area contributed by atoms with Crippen LogP contribution in [0.4, 0.5) is 5.69 Å². The van der Waals surface area contributed by atoms with E-state index in [4.69, 9.17) is 10.5 Å². The van der Waals surface area contributed by atoms with Crippen LogP contribution in [0.2, 0.25) is 0 Å². The van der Waals surface area contributed by atoms with Gasteiger partial charge in [-0.3, -0.25) is 0 Å². The standard InChI is InChI=1S/C13H16N2O2/c1-13(2,17-3)12-11(16)7-8-6-9(14)4-5-10(8)15-12/h4-7,16H,14H2,1-3H3. The predicted molar refractivity (Wildman–Crippen MR) is 67.9 cm³/mol. The van der Waals surface area contributed by atoms with Crippen molar-refractivity contribution >= 4 is 16.6 Å². The number of hydrogen-bond donors (Lipinski definition) is 2. The lowest BCUT2D eigenvalue weighted by molar-refractivity contribution is 0.0138. The number of aromatic nitrogens is 1. The smallest absolute Gasteiger partial charge is 0.140 e. The lowest BCUT2D eigenvalue weighted by Gasteiger charge is -2.23. The molecule has 0 radical (unpaired) electrons. The molecule has 0 amide bonds. The molecule has 0 saturated carbocycles. The number of pyridine rings is 1. The number of anilines is 1. The Bertz CT molecular complexity index is 565. The molecule has 2 rings (SSSR count). The molecule has 0 bridgehead atoms. The summed E-state index contributed by atoms with van der Waals surface area (Å²) in [7, 11) is 1.59. The van der Waals surface area contributed by atoms with Crippen LogP contribution in [0.25, 0.3) is 10.9 Å². The Labute approximate surface area is 100 Å². The van der Waals surface area contributed by atoms with Gasteiger partial charge in [0.15, 0.2) is 0 Å². The summed E-state index contributed by atoms with van der Waals surface area (Å²) in [5.74, 6) is 0.120. The SMILES string of the molecule is COC(C)(C)c1nc2ccc(N)cc2cc1O. The first-order valence-corrected chi connectivity index (χ1v) is 5.39. The van der Waals surface area contributed by atoms with Crippen LogP contribution in [0, 0.1) is 0 Å². The molecule has 0 unspecified atom stereocenters. The van der Waals surface area contributed by atoms with Crippen LogP contribution in [0.15, 0.2) is 24.3 Å². The Morgan fingerprint density at radius 2 is 2.00 bits per heavy atom. The molecule has 4 heteroatoms. The summed E-state index contributed by atoms with van der Waals surface area (Å²) >= 11 is 0. The van der Waals surface area contributed by atoms with Crippen molar-refractivity contribution in [3.8, 4) is 5.75 Å². The highest BCUT2D eigenvalue weighted by Gasteiger charge is 2.25. The Balaban J connectivity index is 2.68. The van der Waals surface area contributed by atoms with Gasteiger partial charge in [-0.15, -0.1) is 0 Å². The molecule has 0 atom stereocenters. The number of methoxy groups -OCH3 is 1. The number of nitrogen functional groups attached to an aromatic ring is 1. The first kappa shape index (κ1) is 11.7. The monoisotopic (exact) mass is 232 g/mol. The molecule has 1 aromatic heterocycles. The van der Waals surface area contributed by atoms with Crippen LogP contribution in [0.5, 0.6) is 5.75 Å². The third-order valence-electron chi connectivity index (χ3n) is 2.90. The molecule has 1 aromatic carbocycles. The minimum atomic E-state index is -0.625. The summed E-state index contributed by atoms with van der Waals surface area (Å²) in [6.45, 7) is 3.72. The fourth-order valence-corrected chi connectivity index (χ4v) is 1.72. The van der Waals surface area contributed by atoms with Gasteiger partial charge in [-0.05, 0) is 38.1 Å². The maximum atomic E-state index is 9.98. The maximum absolute atomic E-state index is 9.98. The second-order valence-corrected chi connectivity index (χ2v) is 4.52. The molecule has 17 heavy (non-hydrogen) atoms. The molecule has 0 aliphatic heterocycles. The van der Waals surface area contributed by atoms with Crippen LogP contribution in [0.1, 0.15) is 19.5 Å². The zero-order valence-corrected chi connectivity index (χ0v) is 10.2. The molecule has 2 aromatic rings. The first-order chi connectivity index (χ1) is 7.94. The van der Waals surface area contributed by atoms with Crippen LogP contribution in [-0.4, -0.2) is 17.2 Å². The van der Waals surface area contributed by atoms with Crippen molar-refractivity contribution in [1.29, 1.82) is 0 Å². The molecular weight excluding hydrogens is 216 g/mol. The van der Waals surface area contributed by atoms with E-state index in [-0.39, 0.29) is 5.75 Å². The van der Waals surface area contributed by atoms with E-state index in [1.807, 2.05) is 19.9 Å². The largest absolute Gasteiger partial charge is 0.506 e. The number of fused-ring (bicyclic) bond motifs is 1. The minimum Gasteiger partial charge on any atom is -0.506 e. The molecular formula is C13H16N2O2. The van der Waals surface area contributed by atoms with E-state index in [0.29, 0.717) is 11.4 Å². The molecule has 4 nitrogen and oxygen atoms in total. The Hall–Kier alpha value is -1.81. The molecule has 0 aliphatic carbocycles. The molecule has 0 saturated heterocycles. The van der Waals surface area contributed by atoms with Gasteiger partial charge in [-0.2, -0.15) is 0 Å². The van der Waals surface area contributed by atoms with Gasteiger partial charge in [0.1, 0.15) is 17.0 Å². The third kappa shape index (κ3) is 2.03. The average Bonchev–Trinajstić information content (AvgIpc) is 2.27. The number of hydrogen-bond acceptors (Lipinski definition) is 4. The van der Waals surface area contributed by atoms with Crippen LogP contribution in [-0.2, 0) is 10.3 Å². The number of ether oxygens (including phenoxy) is 1. The second-order valence-electron chi connectivity index (χ2n) is 4.52. The number of benzene rings is 1. The van der Waals surface area contributed by atoms with E-state index >= 15 is 0 Å². The fraction of sp³-hybridized carbons (Fsp3) is 0.308. The normalized spacial score (nSPS) is 11.9. The van der Waals surface area contributed by atoms with Crippen molar-refractivity contribution in [1.82, 2.24) is 4.98 Å². The Morgan fingerprint density at radius 1 is 1.29 bits per heavy atom. The lowest BCUT2D eigenvalue weighted by atomic mass is 10.0. The van der Waals surface area contributed by atoms with Gasteiger partial charge < -0.3 is 15.6 Å². The van der Waals surface area contributed by atoms with Crippen LogP contribution < -0.4 is 5.73 Å². The number of nitrogens with zero attached hydrogens (tertiary/aromatic N) is 1. The number of rotatable bonds is 2. The van der Waals surface area contributed by atoms with Crippen molar-refractivity contribution in [3.05, 3.63) is 30.0 Å². The minimum absolute atomic E-state index is 0.120. The van der Waals surface area contributed by atoms with E-state index in [2.05, 4.69) is 4.98 Å². The topological polar surface area (TPSA) is 68.4 Å². The first-order valence-electron chi connectivity index (χ1n) is 5.39. The molecule has 3 N–H and O–H groups in total. The highest BCUT2D eigenvalue weighted by Crippen LogP contribution is 2.32. The van der Waals surface area contributed by atoms with E-state index in [0.717, 1.165) is 10.9 Å². The van der Waals surface area contributed by atoms with E-state index in [1.165, 1.54) is 0 Å². The van der Waals surface area contributed by atoms with Gasteiger partial charge in [-0.25, -0.2) is 4.98 Å². The van der Waals surface area contributed by atoms with Crippen molar-refractivity contribution in [2.45, 2.75) is 19.4 Å². The summed E-state index contributed by atoms with van der Waals surface area (Å²) < 4.78 is 5.33. The van der Waals surface area contributed by atoms with Crippen molar-refractivity contribution < 1.29 is 9.84 Å². The summed E-state index contributed by atoms with van der Waals surface area (Å²) in [5, 5.41) is 10.8. The van der Waals surface area contributed by atoms with Gasteiger partial charge >= 0.3 is 0 Å². The van der Waals surface area contributed by atoms with Crippen LogP contribution >= 0.6 is 0 Å². The Morgan fingerprint density at radius 3 is 2.65 bits per heavy atom. The quantitative estimate of drug-likeness (QED) is 0.780. The average molecular weight is 232 g/mol. The van der Waals surface area contributed by atoms with E-state index in [9.17, 15) is 5.11 Å². The summed E-state index contributed by atoms with van der Waals surface area (Å²) in [6.07, 6.45) is 0. The van der Waals surface area contributed by atoms with Gasteiger partial charge in [0.25, 0.3) is 0 Å². The number of aromatic hydroxyl groups is 1. The number of nitrogens with two attached hydrogens (primary N) is 1. The van der Waals surface area contributed by atoms with Gasteiger partial charge in [0, 0.05) is 18.2 Å². The van der Waals surface area contributed by atoms with Crippen molar-refractivity contribution in [3.63, 3.8) is 0 Å². The Kier molecular flexibility index (Phi) is 2.67. The molecule has 90 valence electrons. The zero-order valence-electron chi connectivity index (χ0n) is 10.2. The summed E-state index contributed by atoms with van der Waals surface area (Å²) in [6, 6.07) is 7.07.